The number of nitrogens with zero attached hydrogens (tertiary/aromatic N) is 1. The molecule has 0 radical (unpaired) electrons. The Labute approximate surface area is 157 Å². The minimum Gasteiger partial charge on any atom is -0.392 e. The Morgan fingerprint density at radius 2 is 1.81 bits per heavy atom. The third-order valence-electron chi connectivity index (χ3n) is 4.81. The number of benzene rings is 2. The first kappa shape index (κ1) is 17.4. The van der Waals surface area contributed by atoms with Crippen LogP contribution < -0.4 is 15.5 Å². The number of carbonyl (C=O) groups excluding carboxylic acids is 1. The van der Waals surface area contributed by atoms with E-state index in [1.165, 1.54) is 21.2 Å². The van der Waals surface area contributed by atoms with Crippen LogP contribution >= 0.6 is 11.8 Å². The molecule has 0 aliphatic carbocycles. The van der Waals surface area contributed by atoms with Gasteiger partial charge in [-0.15, -0.1) is 0 Å². The molecule has 1 fully saturated rings. The van der Waals surface area contributed by atoms with Crippen molar-refractivity contribution in [2.45, 2.75) is 34.8 Å². The van der Waals surface area contributed by atoms with Crippen LogP contribution in [-0.4, -0.2) is 42.8 Å². The molecule has 4 rings (SSSR count). The van der Waals surface area contributed by atoms with Crippen LogP contribution in [0.2, 0.25) is 0 Å². The Morgan fingerprint density at radius 3 is 2.42 bits per heavy atom. The summed E-state index contributed by atoms with van der Waals surface area (Å²) in [5.74, 6) is -0.0171. The first-order valence-electron chi connectivity index (χ1n) is 9.05. The van der Waals surface area contributed by atoms with Crippen molar-refractivity contribution in [3.63, 3.8) is 0 Å². The maximum atomic E-state index is 12.1. The van der Waals surface area contributed by atoms with Crippen LogP contribution in [0.5, 0.6) is 0 Å². The molecule has 5 nitrogen and oxygen atoms in total. The summed E-state index contributed by atoms with van der Waals surface area (Å²) in [6.07, 6.45) is 0.939. The number of hydrogen-bond acceptors (Lipinski definition) is 5. The second-order valence-corrected chi connectivity index (χ2v) is 7.77. The van der Waals surface area contributed by atoms with Crippen LogP contribution in [-0.2, 0) is 4.79 Å². The van der Waals surface area contributed by atoms with Gasteiger partial charge in [-0.3, -0.25) is 4.79 Å². The smallest absolute Gasteiger partial charge is 0.237 e. The van der Waals surface area contributed by atoms with Crippen LogP contribution in [0.15, 0.2) is 58.3 Å². The highest BCUT2D eigenvalue weighted by atomic mass is 32.2. The quantitative estimate of drug-likeness (QED) is 0.707. The second kappa shape index (κ2) is 7.70. The Balaban J connectivity index is 1.38. The standard InChI is InChI=1S/C20H23N3O2S/c24-14-12-15(22-13-14)20(25)21-10-5-11-23-16-6-1-3-8-18(16)26-19-9-4-2-7-17(19)23/h1-4,6-9,14-15,22,24H,5,10-13H2,(H,21,25). The summed E-state index contributed by atoms with van der Waals surface area (Å²) in [4.78, 5) is 17.0. The molecule has 0 spiro atoms. The highest BCUT2D eigenvalue weighted by Gasteiger charge is 2.28. The summed E-state index contributed by atoms with van der Waals surface area (Å²) in [5, 5.41) is 15.6. The largest absolute Gasteiger partial charge is 0.392 e. The molecule has 2 aliphatic heterocycles. The fourth-order valence-corrected chi connectivity index (χ4v) is 4.61. The molecule has 6 heteroatoms. The Hall–Kier alpha value is -2.02. The van der Waals surface area contributed by atoms with Gasteiger partial charge in [0.15, 0.2) is 0 Å². The lowest BCUT2D eigenvalue weighted by Crippen LogP contribution is -2.41. The molecular formula is C20H23N3O2S. The Bertz CT molecular complexity index is 753. The normalized spacial score (nSPS) is 21.2. The molecule has 0 aromatic heterocycles. The maximum Gasteiger partial charge on any atom is 0.237 e. The van der Waals surface area contributed by atoms with Gasteiger partial charge in [-0.05, 0) is 37.1 Å². The molecule has 1 amide bonds. The summed E-state index contributed by atoms with van der Waals surface area (Å²) in [7, 11) is 0. The summed E-state index contributed by atoms with van der Waals surface area (Å²) >= 11 is 1.80. The average Bonchev–Trinajstić information content (AvgIpc) is 3.10. The number of fused-ring (bicyclic) bond motifs is 2. The van der Waals surface area contributed by atoms with E-state index in [2.05, 4.69) is 64.1 Å². The number of aliphatic hydroxyl groups is 1. The number of amides is 1. The highest BCUT2D eigenvalue weighted by molar-refractivity contribution is 7.99. The molecule has 0 saturated carbocycles. The third kappa shape index (κ3) is 3.58. The van der Waals surface area contributed by atoms with E-state index in [0.29, 0.717) is 19.5 Å². The van der Waals surface area contributed by atoms with Gasteiger partial charge in [0, 0.05) is 29.4 Å². The lowest BCUT2D eigenvalue weighted by molar-refractivity contribution is -0.122. The van der Waals surface area contributed by atoms with E-state index < -0.39 is 6.10 Å². The van der Waals surface area contributed by atoms with Gasteiger partial charge in [-0.25, -0.2) is 0 Å². The van der Waals surface area contributed by atoms with Gasteiger partial charge >= 0.3 is 0 Å². The number of β-amino-alcohol motifs (C(OH)–C–C–N with tert-alkyl or cyclic N) is 1. The Morgan fingerprint density at radius 1 is 1.15 bits per heavy atom. The number of rotatable bonds is 5. The minimum absolute atomic E-state index is 0.0171. The van der Waals surface area contributed by atoms with E-state index in [0.717, 1.165) is 13.0 Å². The molecule has 0 bridgehead atoms. The molecule has 2 unspecified atom stereocenters. The first-order valence-corrected chi connectivity index (χ1v) is 9.86. The fraction of sp³-hybridized carbons (Fsp3) is 0.350. The van der Waals surface area contributed by atoms with Crippen LogP contribution in [0.4, 0.5) is 11.4 Å². The maximum absolute atomic E-state index is 12.1. The Kier molecular flexibility index (Phi) is 5.15. The van der Waals surface area contributed by atoms with Crippen molar-refractivity contribution < 1.29 is 9.90 Å². The lowest BCUT2D eigenvalue weighted by atomic mass is 10.2. The van der Waals surface area contributed by atoms with E-state index in [1.807, 2.05) is 0 Å². The van der Waals surface area contributed by atoms with Gasteiger partial charge in [-0.2, -0.15) is 0 Å². The number of para-hydroxylation sites is 2. The number of anilines is 2. The van der Waals surface area contributed by atoms with Crippen molar-refractivity contribution in [3.8, 4) is 0 Å². The highest BCUT2D eigenvalue weighted by Crippen LogP contribution is 2.47. The third-order valence-corrected chi connectivity index (χ3v) is 5.94. The molecule has 1 saturated heterocycles. The zero-order chi connectivity index (χ0) is 17.9. The number of carbonyl (C=O) groups is 1. The summed E-state index contributed by atoms with van der Waals surface area (Å²) in [6, 6.07) is 16.6. The topological polar surface area (TPSA) is 64.6 Å². The molecule has 2 aliphatic rings. The van der Waals surface area contributed by atoms with Crippen LogP contribution in [0, 0.1) is 0 Å². The molecule has 2 heterocycles. The predicted octanol–water partition coefficient (Wildman–Crippen LogP) is 2.52. The van der Waals surface area contributed by atoms with Crippen LogP contribution in [0.1, 0.15) is 12.8 Å². The molecule has 2 atom stereocenters. The lowest BCUT2D eigenvalue weighted by Gasteiger charge is -2.32. The van der Waals surface area contributed by atoms with E-state index in [1.54, 1.807) is 11.8 Å². The van der Waals surface area contributed by atoms with Gasteiger partial charge in [-0.1, -0.05) is 36.0 Å². The predicted molar refractivity (Wildman–Crippen MR) is 104 cm³/mol. The molecule has 2 aromatic rings. The molecular weight excluding hydrogens is 346 g/mol. The van der Waals surface area contributed by atoms with Gasteiger partial charge in [0.2, 0.25) is 5.91 Å². The van der Waals surface area contributed by atoms with Crippen molar-refractivity contribution in [2.24, 2.45) is 0 Å². The van der Waals surface area contributed by atoms with Crippen molar-refractivity contribution in [3.05, 3.63) is 48.5 Å². The van der Waals surface area contributed by atoms with Crippen LogP contribution in [0.3, 0.4) is 0 Å². The molecule has 2 aromatic carbocycles. The van der Waals surface area contributed by atoms with Crippen molar-refractivity contribution in [1.82, 2.24) is 10.6 Å². The average molecular weight is 369 g/mol. The summed E-state index contributed by atoms with van der Waals surface area (Å²) in [5.41, 5.74) is 2.45. The number of nitrogens with one attached hydrogen (secondary N) is 2. The summed E-state index contributed by atoms with van der Waals surface area (Å²) < 4.78 is 0. The van der Waals surface area contributed by atoms with Crippen molar-refractivity contribution in [2.75, 3.05) is 24.5 Å². The van der Waals surface area contributed by atoms with Gasteiger partial charge < -0.3 is 20.6 Å². The van der Waals surface area contributed by atoms with Crippen molar-refractivity contribution in [1.29, 1.82) is 0 Å². The van der Waals surface area contributed by atoms with E-state index in [4.69, 9.17) is 0 Å². The zero-order valence-electron chi connectivity index (χ0n) is 14.5. The number of aliphatic hydroxyl groups excluding tert-OH is 1. The van der Waals surface area contributed by atoms with E-state index in [-0.39, 0.29) is 11.9 Å². The van der Waals surface area contributed by atoms with Gasteiger partial charge in [0.05, 0.1) is 23.5 Å². The zero-order valence-corrected chi connectivity index (χ0v) is 15.3. The van der Waals surface area contributed by atoms with E-state index >= 15 is 0 Å². The first-order chi connectivity index (χ1) is 12.7. The monoisotopic (exact) mass is 369 g/mol. The fourth-order valence-electron chi connectivity index (χ4n) is 3.51. The molecule has 136 valence electrons. The number of hydrogen-bond donors (Lipinski definition) is 3. The summed E-state index contributed by atoms with van der Waals surface area (Å²) in [6.45, 7) is 1.97. The minimum atomic E-state index is -0.412. The SMILES string of the molecule is O=C(NCCCN1c2ccccc2Sc2ccccc21)C1CC(O)CN1. The molecule has 3 N–H and O–H groups in total. The van der Waals surface area contributed by atoms with Gasteiger partial charge in [0.1, 0.15) is 0 Å². The van der Waals surface area contributed by atoms with E-state index in [9.17, 15) is 9.90 Å². The van der Waals surface area contributed by atoms with Crippen molar-refractivity contribution >= 4 is 29.0 Å². The molecule has 26 heavy (non-hydrogen) atoms. The van der Waals surface area contributed by atoms with Gasteiger partial charge in [0.25, 0.3) is 0 Å². The van der Waals surface area contributed by atoms with Crippen LogP contribution in [0.25, 0.3) is 0 Å². The second-order valence-electron chi connectivity index (χ2n) is 6.68.